The molecule has 2 aromatic carbocycles. The van der Waals surface area contributed by atoms with Crippen LogP contribution in [0.15, 0.2) is 48.5 Å². The fraction of sp³-hybridized carbons (Fsp3) is 0.462. The molecule has 33 heavy (non-hydrogen) atoms. The second-order valence-electron chi connectivity index (χ2n) is 8.80. The van der Waals surface area contributed by atoms with E-state index in [9.17, 15) is 18.4 Å². The quantitative estimate of drug-likeness (QED) is 0.451. The Labute approximate surface area is 194 Å². The lowest BCUT2D eigenvalue weighted by Crippen LogP contribution is -2.49. The molecule has 1 aliphatic carbocycles. The van der Waals surface area contributed by atoms with Gasteiger partial charge in [0.05, 0.1) is 5.92 Å². The van der Waals surface area contributed by atoms with Gasteiger partial charge in [-0.25, -0.2) is 8.78 Å². The molecule has 178 valence electrons. The summed E-state index contributed by atoms with van der Waals surface area (Å²) in [5.74, 6) is -1.19. The maximum Gasteiger partial charge on any atom is 0.242 e. The molecule has 1 saturated carbocycles. The smallest absolute Gasteiger partial charge is 0.242 e. The summed E-state index contributed by atoms with van der Waals surface area (Å²) in [6.07, 6.45) is 6.27. The monoisotopic (exact) mass is 457 g/mol. The van der Waals surface area contributed by atoms with Crippen LogP contribution in [0.4, 0.5) is 14.5 Å². The summed E-state index contributed by atoms with van der Waals surface area (Å²) in [6, 6.07) is 11.3. The second-order valence-corrected chi connectivity index (χ2v) is 8.80. The van der Waals surface area contributed by atoms with Gasteiger partial charge in [-0.05, 0) is 61.2 Å². The van der Waals surface area contributed by atoms with Crippen molar-refractivity contribution in [3.63, 3.8) is 0 Å². The van der Waals surface area contributed by atoms with Gasteiger partial charge in [0.15, 0.2) is 0 Å². The highest BCUT2D eigenvalue weighted by molar-refractivity contribution is 5.90. The van der Waals surface area contributed by atoms with Crippen LogP contribution in [0.2, 0.25) is 0 Å². The maximum atomic E-state index is 13.2. The molecule has 0 spiro atoms. The fourth-order valence-electron chi connectivity index (χ4n) is 4.27. The van der Waals surface area contributed by atoms with Gasteiger partial charge in [-0.15, -0.1) is 0 Å². The Balaban J connectivity index is 1.56. The van der Waals surface area contributed by atoms with Crippen LogP contribution < -0.4 is 16.0 Å². The lowest BCUT2D eigenvalue weighted by Gasteiger charge is -2.27. The number of hydrogen-bond donors (Lipinski definition) is 3. The van der Waals surface area contributed by atoms with Crippen LogP contribution in [0.3, 0.4) is 0 Å². The van der Waals surface area contributed by atoms with Crippen molar-refractivity contribution in [3.05, 3.63) is 65.7 Å². The van der Waals surface area contributed by atoms with Gasteiger partial charge >= 0.3 is 0 Å². The zero-order valence-corrected chi connectivity index (χ0v) is 19.1. The molecule has 7 heteroatoms. The Hall–Kier alpha value is -2.96. The average Bonchev–Trinajstić information content (AvgIpc) is 2.83. The van der Waals surface area contributed by atoms with Crippen LogP contribution in [0.1, 0.15) is 56.9 Å². The number of anilines is 1. The first-order valence-corrected chi connectivity index (χ1v) is 11.8. The number of benzene rings is 2. The van der Waals surface area contributed by atoms with Crippen molar-refractivity contribution in [3.8, 4) is 0 Å². The molecule has 0 bridgehead atoms. The van der Waals surface area contributed by atoms with Gasteiger partial charge in [-0.2, -0.15) is 0 Å². The van der Waals surface area contributed by atoms with Gasteiger partial charge in [-0.1, -0.05) is 44.2 Å². The van der Waals surface area contributed by atoms with E-state index in [4.69, 9.17) is 0 Å². The van der Waals surface area contributed by atoms with E-state index in [1.54, 1.807) is 31.2 Å². The van der Waals surface area contributed by atoms with Crippen molar-refractivity contribution < 1.29 is 18.4 Å². The van der Waals surface area contributed by atoms with Crippen molar-refractivity contribution >= 4 is 17.5 Å². The molecule has 1 unspecified atom stereocenters. The van der Waals surface area contributed by atoms with E-state index in [0.717, 1.165) is 31.4 Å². The molecule has 2 amide bonds. The van der Waals surface area contributed by atoms with E-state index in [1.165, 1.54) is 30.7 Å². The Bertz CT molecular complexity index is 897. The van der Waals surface area contributed by atoms with Crippen LogP contribution >= 0.6 is 0 Å². The third kappa shape index (κ3) is 7.84. The van der Waals surface area contributed by atoms with Crippen molar-refractivity contribution in [2.75, 3.05) is 18.4 Å². The molecule has 3 rings (SSSR count). The molecule has 0 aliphatic heterocycles. The number of rotatable bonds is 10. The molecule has 3 N–H and O–H groups in total. The number of hydrogen-bond acceptors (Lipinski definition) is 3. The predicted molar refractivity (Wildman–Crippen MR) is 126 cm³/mol. The van der Waals surface area contributed by atoms with E-state index in [0.29, 0.717) is 31.0 Å². The summed E-state index contributed by atoms with van der Waals surface area (Å²) in [7, 11) is 0. The predicted octanol–water partition coefficient (Wildman–Crippen LogP) is 4.75. The van der Waals surface area contributed by atoms with Gasteiger partial charge in [0.2, 0.25) is 11.8 Å². The Morgan fingerprint density at radius 3 is 2.12 bits per heavy atom. The zero-order valence-electron chi connectivity index (χ0n) is 19.1. The topological polar surface area (TPSA) is 70.2 Å². The molecular formula is C26H33F2N3O2. The number of carbonyl (C=O) groups excluding carboxylic acids is 2. The highest BCUT2D eigenvalue weighted by Gasteiger charge is 2.27. The second kappa shape index (κ2) is 12.3. The van der Waals surface area contributed by atoms with Crippen molar-refractivity contribution in [2.45, 2.75) is 57.4 Å². The third-order valence-electron chi connectivity index (χ3n) is 6.29. The van der Waals surface area contributed by atoms with E-state index in [-0.39, 0.29) is 23.4 Å². The van der Waals surface area contributed by atoms with Crippen molar-refractivity contribution in [1.29, 1.82) is 0 Å². The van der Waals surface area contributed by atoms with Crippen LogP contribution in [0.25, 0.3) is 0 Å². The molecule has 0 aromatic heterocycles. The standard InChI is InChI=1S/C26H33F2N3O2/c1-18(20-7-9-21(27)10-8-20)25(32)31-24(17-19-5-3-2-4-6-19)26(33)30-16-15-29-23-13-11-22(28)12-14-23/h7-14,18-19,24,29H,2-6,15-17H2,1H3,(H,30,33)(H,31,32)/t18?,24-/m0/s1. The molecule has 1 fully saturated rings. The van der Waals surface area contributed by atoms with Gasteiger partial charge in [0, 0.05) is 18.8 Å². The minimum absolute atomic E-state index is 0.207. The summed E-state index contributed by atoms with van der Waals surface area (Å²) >= 11 is 0. The first kappa shape index (κ1) is 24.7. The van der Waals surface area contributed by atoms with Crippen LogP contribution in [-0.2, 0) is 9.59 Å². The van der Waals surface area contributed by atoms with Crippen molar-refractivity contribution in [2.24, 2.45) is 5.92 Å². The SMILES string of the molecule is CC(C(=O)N[C@@H](CC1CCCCC1)C(=O)NCCNc1ccc(F)cc1)c1ccc(F)cc1. The van der Waals surface area contributed by atoms with Crippen LogP contribution in [0.5, 0.6) is 0 Å². The van der Waals surface area contributed by atoms with E-state index < -0.39 is 12.0 Å². The number of amides is 2. The summed E-state index contributed by atoms with van der Waals surface area (Å²) in [5.41, 5.74) is 1.47. The molecule has 0 saturated heterocycles. The van der Waals surface area contributed by atoms with Gasteiger partial charge in [0.1, 0.15) is 17.7 Å². The average molecular weight is 458 g/mol. The summed E-state index contributed by atoms with van der Waals surface area (Å²) in [6.45, 7) is 2.61. The summed E-state index contributed by atoms with van der Waals surface area (Å²) in [5, 5.41) is 8.97. The van der Waals surface area contributed by atoms with Gasteiger partial charge < -0.3 is 16.0 Å². The lowest BCUT2D eigenvalue weighted by atomic mass is 9.84. The minimum atomic E-state index is -0.616. The summed E-state index contributed by atoms with van der Waals surface area (Å²) in [4.78, 5) is 25.9. The van der Waals surface area contributed by atoms with Crippen molar-refractivity contribution in [1.82, 2.24) is 10.6 Å². The first-order valence-electron chi connectivity index (χ1n) is 11.8. The molecular weight excluding hydrogens is 424 g/mol. The number of halogens is 2. The molecule has 0 radical (unpaired) electrons. The Morgan fingerprint density at radius 1 is 0.879 bits per heavy atom. The van der Waals surface area contributed by atoms with Crippen LogP contribution in [-0.4, -0.2) is 30.9 Å². The third-order valence-corrected chi connectivity index (χ3v) is 6.29. The molecule has 1 aliphatic rings. The van der Waals surface area contributed by atoms with Gasteiger partial charge in [-0.3, -0.25) is 9.59 Å². The van der Waals surface area contributed by atoms with E-state index in [1.807, 2.05) is 0 Å². The van der Waals surface area contributed by atoms with E-state index >= 15 is 0 Å². The normalized spacial score (nSPS) is 16.0. The largest absolute Gasteiger partial charge is 0.383 e. The molecule has 5 nitrogen and oxygen atoms in total. The maximum absolute atomic E-state index is 13.2. The molecule has 2 atom stereocenters. The number of carbonyl (C=O) groups is 2. The van der Waals surface area contributed by atoms with Gasteiger partial charge in [0.25, 0.3) is 0 Å². The lowest BCUT2D eigenvalue weighted by molar-refractivity contribution is -0.130. The Morgan fingerprint density at radius 2 is 1.48 bits per heavy atom. The fourth-order valence-corrected chi connectivity index (χ4v) is 4.27. The number of nitrogens with one attached hydrogen (secondary N) is 3. The Kier molecular flexibility index (Phi) is 9.22. The zero-order chi connectivity index (χ0) is 23.6. The van der Waals surface area contributed by atoms with Crippen LogP contribution in [0, 0.1) is 17.6 Å². The highest BCUT2D eigenvalue weighted by Crippen LogP contribution is 2.27. The summed E-state index contributed by atoms with van der Waals surface area (Å²) < 4.78 is 26.2. The molecule has 0 heterocycles. The highest BCUT2D eigenvalue weighted by atomic mass is 19.1. The van der Waals surface area contributed by atoms with E-state index in [2.05, 4.69) is 16.0 Å². The first-order chi connectivity index (χ1) is 15.9. The molecule has 2 aromatic rings. The minimum Gasteiger partial charge on any atom is -0.383 e.